The van der Waals surface area contributed by atoms with E-state index in [1.807, 2.05) is 10.3 Å². The lowest BCUT2D eigenvalue weighted by Crippen LogP contribution is -2.43. The zero-order valence-electron chi connectivity index (χ0n) is 13.1. The SMILES string of the molecule is CS(=O)(=O)N1CCC(C(=O)N2CCC(Oc3nccs3)C2)CC1. The molecule has 2 aliphatic rings. The zero-order chi connectivity index (χ0) is 16.4. The second-order valence-electron chi connectivity index (χ2n) is 6.05. The molecule has 3 heterocycles. The number of rotatable bonds is 4. The molecular weight excluding hydrogens is 338 g/mol. The molecule has 0 aromatic carbocycles. The van der Waals surface area contributed by atoms with Gasteiger partial charge in [-0.3, -0.25) is 4.79 Å². The molecule has 1 amide bonds. The van der Waals surface area contributed by atoms with Gasteiger partial charge in [0.25, 0.3) is 5.19 Å². The standard InChI is InChI=1S/C14H21N3O4S2/c1-23(19,20)17-7-2-11(3-8-17)13(18)16-6-4-12(10-16)21-14-15-5-9-22-14/h5,9,11-12H,2-4,6-8,10H2,1H3. The van der Waals surface area contributed by atoms with Crippen LogP contribution in [0.15, 0.2) is 11.6 Å². The minimum atomic E-state index is -3.15. The molecule has 128 valence electrons. The molecule has 2 fully saturated rings. The molecule has 2 saturated heterocycles. The van der Waals surface area contributed by atoms with Crippen molar-refractivity contribution in [2.75, 3.05) is 32.4 Å². The number of hydrogen-bond acceptors (Lipinski definition) is 6. The van der Waals surface area contributed by atoms with Crippen molar-refractivity contribution in [2.45, 2.75) is 25.4 Å². The number of likely N-dealkylation sites (tertiary alicyclic amines) is 1. The van der Waals surface area contributed by atoms with E-state index in [1.165, 1.54) is 21.9 Å². The van der Waals surface area contributed by atoms with Crippen LogP contribution in [0.5, 0.6) is 5.19 Å². The van der Waals surface area contributed by atoms with Crippen molar-refractivity contribution in [3.63, 3.8) is 0 Å². The molecule has 3 rings (SSSR count). The lowest BCUT2D eigenvalue weighted by Gasteiger charge is -2.31. The van der Waals surface area contributed by atoms with E-state index < -0.39 is 10.0 Å². The van der Waals surface area contributed by atoms with Gasteiger partial charge in [0.1, 0.15) is 6.10 Å². The second-order valence-corrected chi connectivity index (χ2v) is 8.89. The number of carbonyl (C=O) groups is 1. The Bertz CT molecular complexity index is 639. The lowest BCUT2D eigenvalue weighted by molar-refractivity contribution is -0.135. The Hall–Kier alpha value is -1.19. The molecule has 0 N–H and O–H groups in total. The first-order chi connectivity index (χ1) is 10.9. The summed E-state index contributed by atoms with van der Waals surface area (Å²) in [6.07, 6.45) is 4.93. The molecule has 23 heavy (non-hydrogen) atoms. The largest absolute Gasteiger partial charge is 0.465 e. The normalized spacial score (nSPS) is 24.0. The highest BCUT2D eigenvalue weighted by Gasteiger charge is 2.35. The van der Waals surface area contributed by atoms with Gasteiger partial charge >= 0.3 is 0 Å². The van der Waals surface area contributed by atoms with Crippen LogP contribution in [0, 0.1) is 5.92 Å². The van der Waals surface area contributed by atoms with Crippen LogP contribution >= 0.6 is 11.3 Å². The van der Waals surface area contributed by atoms with E-state index in [4.69, 9.17) is 4.74 Å². The number of amides is 1. The highest BCUT2D eigenvalue weighted by Crippen LogP contribution is 2.25. The van der Waals surface area contributed by atoms with Crippen LogP contribution in [0.1, 0.15) is 19.3 Å². The van der Waals surface area contributed by atoms with Gasteiger partial charge in [-0.25, -0.2) is 17.7 Å². The van der Waals surface area contributed by atoms with Gasteiger partial charge in [-0.15, -0.1) is 0 Å². The third kappa shape index (κ3) is 4.02. The molecule has 7 nitrogen and oxygen atoms in total. The molecule has 2 aliphatic heterocycles. The average molecular weight is 359 g/mol. The minimum Gasteiger partial charge on any atom is -0.465 e. The van der Waals surface area contributed by atoms with Crippen molar-refractivity contribution in [1.29, 1.82) is 0 Å². The molecule has 1 aromatic rings. The summed E-state index contributed by atoms with van der Waals surface area (Å²) in [6, 6.07) is 0. The summed E-state index contributed by atoms with van der Waals surface area (Å²) in [5.74, 6) is 0.0509. The summed E-state index contributed by atoms with van der Waals surface area (Å²) >= 11 is 1.45. The zero-order valence-corrected chi connectivity index (χ0v) is 14.7. The van der Waals surface area contributed by atoms with Gasteiger partial charge in [0.15, 0.2) is 0 Å². The van der Waals surface area contributed by atoms with E-state index in [9.17, 15) is 13.2 Å². The fraction of sp³-hybridized carbons (Fsp3) is 0.714. The summed E-state index contributed by atoms with van der Waals surface area (Å²) in [7, 11) is -3.15. The van der Waals surface area contributed by atoms with Gasteiger partial charge in [-0.1, -0.05) is 11.3 Å². The van der Waals surface area contributed by atoms with Crippen LogP contribution in [0.25, 0.3) is 0 Å². The summed E-state index contributed by atoms with van der Waals surface area (Å²) < 4.78 is 30.3. The van der Waals surface area contributed by atoms with Crippen LogP contribution in [-0.2, 0) is 14.8 Å². The third-order valence-electron chi connectivity index (χ3n) is 4.41. The van der Waals surface area contributed by atoms with Crippen LogP contribution < -0.4 is 4.74 Å². The van der Waals surface area contributed by atoms with Crippen molar-refractivity contribution in [1.82, 2.24) is 14.2 Å². The quantitative estimate of drug-likeness (QED) is 0.794. The fourth-order valence-corrected chi connectivity index (χ4v) is 4.55. The van der Waals surface area contributed by atoms with E-state index in [0.717, 1.165) is 6.42 Å². The molecule has 0 saturated carbocycles. The highest BCUT2D eigenvalue weighted by atomic mass is 32.2. The average Bonchev–Trinajstić information content (AvgIpc) is 3.18. The van der Waals surface area contributed by atoms with E-state index in [2.05, 4.69) is 4.98 Å². The maximum atomic E-state index is 12.6. The first-order valence-corrected chi connectivity index (χ1v) is 10.5. The molecule has 0 aliphatic carbocycles. The van der Waals surface area contributed by atoms with Crippen LogP contribution in [0.4, 0.5) is 0 Å². The highest BCUT2D eigenvalue weighted by molar-refractivity contribution is 7.88. The molecule has 1 unspecified atom stereocenters. The Morgan fingerprint density at radius 3 is 2.65 bits per heavy atom. The van der Waals surface area contributed by atoms with E-state index in [-0.39, 0.29) is 17.9 Å². The molecule has 0 bridgehead atoms. The monoisotopic (exact) mass is 359 g/mol. The summed E-state index contributed by atoms with van der Waals surface area (Å²) in [5.41, 5.74) is 0. The number of piperidine rings is 1. The number of ether oxygens (including phenoxy) is 1. The smallest absolute Gasteiger partial charge is 0.273 e. The minimum absolute atomic E-state index is 0.00112. The molecule has 1 aromatic heterocycles. The van der Waals surface area contributed by atoms with Gasteiger partial charge < -0.3 is 9.64 Å². The van der Waals surface area contributed by atoms with Crippen molar-refractivity contribution < 1.29 is 17.9 Å². The summed E-state index contributed by atoms with van der Waals surface area (Å²) in [6.45, 7) is 2.15. The first-order valence-electron chi connectivity index (χ1n) is 7.73. The maximum absolute atomic E-state index is 12.6. The Labute approximate surface area is 140 Å². The third-order valence-corrected chi connectivity index (χ3v) is 6.37. The number of sulfonamides is 1. The van der Waals surface area contributed by atoms with Gasteiger partial charge in [0.05, 0.1) is 12.8 Å². The summed E-state index contributed by atoms with van der Waals surface area (Å²) in [5, 5.41) is 2.51. The predicted molar refractivity (Wildman–Crippen MR) is 86.9 cm³/mol. The molecule has 0 spiro atoms. The van der Waals surface area contributed by atoms with Crippen LogP contribution in [0.3, 0.4) is 0 Å². The van der Waals surface area contributed by atoms with Crippen LogP contribution in [-0.4, -0.2) is 67.1 Å². The molecule has 0 radical (unpaired) electrons. The molecule has 9 heteroatoms. The number of aromatic nitrogens is 1. The topological polar surface area (TPSA) is 79.8 Å². The Balaban J connectivity index is 1.50. The first kappa shape index (κ1) is 16.7. The Kier molecular flexibility index (Phi) is 4.88. The van der Waals surface area contributed by atoms with Crippen molar-refractivity contribution in [3.05, 3.63) is 11.6 Å². The van der Waals surface area contributed by atoms with Gasteiger partial charge in [0, 0.05) is 43.5 Å². The van der Waals surface area contributed by atoms with Gasteiger partial charge in [-0.05, 0) is 12.8 Å². The maximum Gasteiger partial charge on any atom is 0.273 e. The van der Waals surface area contributed by atoms with E-state index >= 15 is 0 Å². The second kappa shape index (κ2) is 6.74. The number of hydrogen-bond donors (Lipinski definition) is 0. The predicted octanol–water partition coefficient (Wildman–Crippen LogP) is 0.794. The number of carbonyl (C=O) groups excluding carboxylic acids is 1. The van der Waals surface area contributed by atoms with E-state index in [0.29, 0.717) is 44.2 Å². The Morgan fingerprint density at radius 1 is 1.30 bits per heavy atom. The van der Waals surface area contributed by atoms with Crippen molar-refractivity contribution in [3.8, 4) is 5.19 Å². The van der Waals surface area contributed by atoms with Gasteiger partial charge in [-0.2, -0.15) is 0 Å². The van der Waals surface area contributed by atoms with Crippen molar-refractivity contribution in [2.24, 2.45) is 5.92 Å². The van der Waals surface area contributed by atoms with E-state index in [1.54, 1.807) is 6.20 Å². The molecular formula is C14H21N3O4S2. The van der Waals surface area contributed by atoms with Crippen molar-refractivity contribution >= 4 is 27.3 Å². The Morgan fingerprint density at radius 2 is 2.04 bits per heavy atom. The van der Waals surface area contributed by atoms with Gasteiger partial charge in [0.2, 0.25) is 15.9 Å². The number of nitrogens with zero attached hydrogens (tertiary/aromatic N) is 3. The number of thiazole rings is 1. The molecule has 1 atom stereocenters. The fourth-order valence-electron chi connectivity index (χ4n) is 3.13. The van der Waals surface area contributed by atoms with Crippen LogP contribution in [0.2, 0.25) is 0 Å². The summed E-state index contributed by atoms with van der Waals surface area (Å²) in [4.78, 5) is 18.5. The lowest BCUT2D eigenvalue weighted by atomic mass is 9.97.